The molecule has 0 saturated heterocycles. The Morgan fingerprint density at radius 2 is 2.00 bits per heavy atom. The van der Waals surface area contributed by atoms with Gasteiger partial charge < -0.3 is 5.32 Å². The van der Waals surface area contributed by atoms with E-state index in [4.69, 9.17) is 11.6 Å². The summed E-state index contributed by atoms with van der Waals surface area (Å²) in [6.07, 6.45) is -1.07. The Bertz CT molecular complexity index is 907. The lowest BCUT2D eigenvalue weighted by Crippen LogP contribution is -2.21. The highest BCUT2D eigenvalue weighted by molar-refractivity contribution is 6.33. The molecule has 0 unspecified atom stereocenters. The van der Waals surface area contributed by atoms with Crippen molar-refractivity contribution in [2.45, 2.75) is 26.4 Å². The van der Waals surface area contributed by atoms with Gasteiger partial charge in [-0.1, -0.05) is 41.9 Å². The first-order valence-corrected chi connectivity index (χ1v) is 8.19. The van der Waals surface area contributed by atoms with Gasteiger partial charge in [0.1, 0.15) is 17.3 Å². The number of amides is 1. The third-order valence-electron chi connectivity index (χ3n) is 3.68. The second-order valence-electron chi connectivity index (χ2n) is 5.73. The van der Waals surface area contributed by atoms with Crippen LogP contribution in [-0.2, 0) is 17.9 Å². The van der Waals surface area contributed by atoms with Gasteiger partial charge in [0.05, 0.1) is 6.54 Å². The summed E-state index contributed by atoms with van der Waals surface area (Å²) >= 11 is 6.12. The molecule has 0 radical (unpaired) electrons. The number of rotatable bonds is 6. The van der Waals surface area contributed by atoms with Crippen LogP contribution in [0.15, 0.2) is 42.6 Å². The number of hydrogen-bond donors (Lipinski definition) is 1. The molecule has 0 atom stereocenters. The number of aromatic nitrogens is 4. The Balaban J connectivity index is 1.66. The van der Waals surface area contributed by atoms with Crippen LogP contribution in [0.25, 0.3) is 0 Å². The molecule has 6 nitrogen and oxygen atoms in total. The smallest absolute Gasteiger partial charge is 0.282 e. The highest BCUT2D eigenvalue weighted by Gasteiger charge is 2.16. The van der Waals surface area contributed by atoms with Crippen molar-refractivity contribution < 1.29 is 13.6 Å². The molecule has 0 saturated carbocycles. The largest absolute Gasteiger partial charge is 0.306 e. The number of aryl methyl sites for hydroxylation is 1. The summed E-state index contributed by atoms with van der Waals surface area (Å²) in [5.74, 6) is -0.240. The van der Waals surface area contributed by atoms with Crippen molar-refractivity contribution in [1.29, 1.82) is 0 Å². The third-order valence-corrected chi connectivity index (χ3v) is 3.96. The average Bonchev–Trinajstić information content (AvgIpc) is 3.12. The van der Waals surface area contributed by atoms with E-state index in [-0.39, 0.29) is 18.1 Å². The summed E-state index contributed by atoms with van der Waals surface area (Å²) < 4.78 is 28.2. The van der Waals surface area contributed by atoms with Crippen LogP contribution in [0, 0.1) is 6.92 Å². The van der Waals surface area contributed by atoms with E-state index in [1.165, 1.54) is 10.7 Å². The first-order chi connectivity index (χ1) is 12.4. The Labute approximate surface area is 153 Å². The van der Waals surface area contributed by atoms with Gasteiger partial charge in [-0.15, -0.1) is 0 Å². The summed E-state index contributed by atoms with van der Waals surface area (Å²) in [7, 11) is 0. The van der Waals surface area contributed by atoms with E-state index in [1.807, 2.05) is 30.3 Å². The molecule has 0 aliphatic carbocycles. The number of nitrogens with one attached hydrogen (secondary N) is 1. The van der Waals surface area contributed by atoms with Crippen molar-refractivity contribution in [3.05, 3.63) is 64.6 Å². The van der Waals surface area contributed by atoms with Gasteiger partial charge >= 0.3 is 0 Å². The topological polar surface area (TPSA) is 64.7 Å². The lowest BCUT2D eigenvalue weighted by molar-refractivity contribution is -0.117. The maximum absolute atomic E-state index is 12.7. The molecule has 0 fully saturated rings. The van der Waals surface area contributed by atoms with Crippen molar-refractivity contribution in [2.75, 3.05) is 5.32 Å². The number of hydrogen-bond acceptors (Lipinski definition) is 3. The molecule has 2 aromatic heterocycles. The molecule has 3 aromatic rings. The zero-order valence-electron chi connectivity index (χ0n) is 13.9. The van der Waals surface area contributed by atoms with Gasteiger partial charge in [0.25, 0.3) is 6.43 Å². The van der Waals surface area contributed by atoms with Gasteiger partial charge in [-0.3, -0.25) is 14.2 Å². The number of carbonyl (C=O) groups excluding carboxylic acids is 1. The van der Waals surface area contributed by atoms with Crippen molar-refractivity contribution in [3.8, 4) is 0 Å². The van der Waals surface area contributed by atoms with Crippen LogP contribution in [-0.4, -0.2) is 25.5 Å². The number of carbonyl (C=O) groups is 1. The Morgan fingerprint density at radius 1 is 1.27 bits per heavy atom. The highest BCUT2D eigenvalue weighted by Crippen LogP contribution is 2.21. The Hall–Kier alpha value is -2.74. The van der Waals surface area contributed by atoms with Crippen LogP contribution in [0.2, 0.25) is 5.02 Å². The van der Waals surface area contributed by atoms with Gasteiger partial charge in [-0.2, -0.15) is 10.2 Å². The van der Waals surface area contributed by atoms with Gasteiger partial charge in [0, 0.05) is 11.9 Å². The number of halogens is 3. The first kappa shape index (κ1) is 18.1. The van der Waals surface area contributed by atoms with E-state index < -0.39 is 12.3 Å². The summed E-state index contributed by atoms with van der Waals surface area (Å²) in [5, 5.41) is 10.8. The van der Waals surface area contributed by atoms with Crippen molar-refractivity contribution in [1.82, 2.24) is 19.6 Å². The molecule has 0 spiro atoms. The lowest BCUT2D eigenvalue weighted by Gasteiger charge is -2.05. The van der Waals surface area contributed by atoms with E-state index in [0.29, 0.717) is 17.3 Å². The molecule has 2 heterocycles. The lowest BCUT2D eigenvalue weighted by atomic mass is 10.2. The predicted molar refractivity (Wildman–Crippen MR) is 93.3 cm³/mol. The van der Waals surface area contributed by atoms with Crippen LogP contribution in [0.1, 0.15) is 23.4 Å². The molecular weight excluding hydrogens is 364 g/mol. The first-order valence-electron chi connectivity index (χ1n) is 7.81. The quantitative estimate of drug-likeness (QED) is 0.710. The molecule has 3 rings (SSSR count). The third kappa shape index (κ3) is 4.26. The van der Waals surface area contributed by atoms with Crippen LogP contribution >= 0.6 is 11.6 Å². The minimum atomic E-state index is -2.68. The fourth-order valence-corrected chi connectivity index (χ4v) is 2.64. The minimum Gasteiger partial charge on any atom is -0.306 e. The molecule has 9 heteroatoms. The number of anilines is 1. The second kappa shape index (κ2) is 7.65. The second-order valence-corrected chi connectivity index (χ2v) is 6.13. The molecule has 0 bridgehead atoms. The van der Waals surface area contributed by atoms with Crippen LogP contribution in [0.5, 0.6) is 0 Å². The SMILES string of the molecule is Cc1cc(C(F)F)nn1CC(=O)Nc1nn(Cc2ccccc2)cc1Cl. The van der Waals surface area contributed by atoms with Crippen molar-refractivity contribution in [3.63, 3.8) is 0 Å². The molecular formula is C17H16ClF2N5O. The van der Waals surface area contributed by atoms with Crippen LogP contribution < -0.4 is 5.32 Å². The Morgan fingerprint density at radius 3 is 2.65 bits per heavy atom. The normalized spacial score (nSPS) is 11.1. The maximum Gasteiger partial charge on any atom is 0.282 e. The number of nitrogens with zero attached hydrogens (tertiary/aromatic N) is 4. The molecule has 1 aromatic carbocycles. The fraction of sp³-hybridized carbons (Fsp3) is 0.235. The van der Waals surface area contributed by atoms with Crippen molar-refractivity contribution >= 4 is 23.3 Å². The van der Waals surface area contributed by atoms with Crippen LogP contribution in [0.3, 0.4) is 0 Å². The Kier molecular flexibility index (Phi) is 5.32. The summed E-state index contributed by atoms with van der Waals surface area (Å²) in [4.78, 5) is 12.2. The van der Waals surface area contributed by atoms with E-state index in [9.17, 15) is 13.6 Å². The average molecular weight is 380 g/mol. The van der Waals surface area contributed by atoms with E-state index in [2.05, 4.69) is 15.5 Å². The van der Waals surface area contributed by atoms with E-state index in [1.54, 1.807) is 17.8 Å². The van der Waals surface area contributed by atoms with Gasteiger partial charge in [0.15, 0.2) is 5.82 Å². The van der Waals surface area contributed by atoms with E-state index in [0.717, 1.165) is 5.56 Å². The van der Waals surface area contributed by atoms with Crippen molar-refractivity contribution in [2.24, 2.45) is 0 Å². The summed E-state index contributed by atoms with van der Waals surface area (Å²) in [6.45, 7) is 1.90. The summed E-state index contributed by atoms with van der Waals surface area (Å²) in [6, 6.07) is 10.9. The monoisotopic (exact) mass is 379 g/mol. The minimum absolute atomic E-state index is 0.208. The van der Waals surface area contributed by atoms with Gasteiger partial charge in [0.2, 0.25) is 5.91 Å². The number of benzene rings is 1. The predicted octanol–water partition coefficient (Wildman–Crippen LogP) is 3.67. The zero-order chi connectivity index (χ0) is 18.7. The van der Waals surface area contributed by atoms with Crippen LogP contribution in [0.4, 0.5) is 14.6 Å². The summed E-state index contributed by atoms with van der Waals surface area (Å²) in [5.41, 5.74) is 1.15. The molecule has 0 aliphatic rings. The number of alkyl halides is 2. The van der Waals surface area contributed by atoms with E-state index >= 15 is 0 Å². The molecule has 0 aliphatic heterocycles. The molecule has 136 valence electrons. The van der Waals surface area contributed by atoms with Gasteiger partial charge in [-0.25, -0.2) is 8.78 Å². The maximum atomic E-state index is 12.7. The molecule has 26 heavy (non-hydrogen) atoms. The fourth-order valence-electron chi connectivity index (χ4n) is 2.44. The zero-order valence-corrected chi connectivity index (χ0v) is 14.6. The standard InChI is InChI=1S/C17H16ClF2N5O/c1-11-7-14(16(19)20)22-25(11)10-15(26)21-17-13(18)9-24(23-17)8-12-5-3-2-4-6-12/h2-7,9,16H,8,10H2,1H3,(H,21,23,26). The highest BCUT2D eigenvalue weighted by atomic mass is 35.5. The molecule has 1 amide bonds. The van der Waals surface area contributed by atoms with Gasteiger partial charge in [-0.05, 0) is 18.6 Å². The molecule has 1 N–H and O–H groups in total.